The highest BCUT2D eigenvalue weighted by atomic mass is 16.5. The van der Waals surface area contributed by atoms with Crippen molar-refractivity contribution in [1.29, 1.82) is 0 Å². The lowest BCUT2D eigenvalue weighted by molar-refractivity contribution is -0.152. The van der Waals surface area contributed by atoms with E-state index in [-0.39, 0.29) is 11.9 Å². The Morgan fingerprint density at radius 3 is 2.81 bits per heavy atom. The van der Waals surface area contributed by atoms with Gasteiger partial charge in [0.05, 0.1) is 13.0 Å². The third kappa shape index (κ3) is 2.17. The molecule has 2 heterocycles. The molecule has 4 heteroatoms. The molecule has 3 aliphatic rings. The van der Waals surface area contributed by atoms with Gasteiger partial charge in [0.25, 0.3) is 0 Å². The Balaban J connectivity index is 1.46. The lowest BCUT2D eigenvalue weighted by Gasteiger charge is -2.42. The Morgan fingerprint density at radius 1 is 1.33 bits per heavy atom. The minimum atomic E-state index is -0.0581. The number of carbonyl (C=O) groups is 1. The van der Waals surface area contributed by atoms with Crippen LogP contribution in [-0.2, 0) is 16.0 Å². The zero-order chi connectivity index (χ0) is 14.4. The van der Waals surface area contributed by atoms with Crippen LogP contribution in [0.2, 0.25) is 0 Å². The maximum Gasteiger partial charge on any atom is 0.311 e. The molecule has 1 aliphatic carbocycles. The zero-order valence-electron chi connectivity index (χ0n) is 12.5. The van der Waals surface area contributed by atoms with Gasteiger partial charge in [0, 0.05) is 38.1 Å². The number of benzene rings is 1. The van der Waals surface area contributed by atoms with Crippen molar-refractivity contribution in [3.05, 3.63) is 34.9 Å². The molecule has 0 bridgehead atoms. The van der Waals surface area contributed by atoms with E-state index < -0.39 is 0 Å². The van der Waals surface area contributed by atoms with Crippen molar-refractivity contribution in [3.8, 4) is 0 Å². The molecule has 0 radical (unpaired) electrons. The predicted octanol–water partition coefficient (Wildman–Crippen LogP) is 1.47. The largest absolute Gasteiger partial charge is 0.469 e. The van der Waals surface area contributed by atoms with E-state index in [1.54, 1.807) is 0 Å². The molecule has 0 spiro atoms. The van der Waals surface area contributed by atoms with Crippen LogP contribution in [0, 0.1) is 5.92 Å². The van der Waals surface area contributed by atoms with Crippen LogP contribution < -0.4 is 5.32 Å². The van der Waals surface area contributed by atoms with Crippen molar-refractivity contribution in [2.45, 2.75) is 24.8 Å². The van der Waals surface area contributed by atoms with Gasteiger partial charge in [-0.3, -0.25) is 9.69 Å². The summed E-state index contributed by atoms with van der Waals surface area (Å²) in [5.74, 6) is 0.735. The Labute approximate surface area is 125 Å². The van der Waals surface area contributed by atoms with Crippen molar-refractivity contribution in [1.82, 2.24) is 10.2 Å². The zero-order valence-corrected chi connectivity index (χ0v) is 12.5. The summed E-state index contributed by atoms with van der Waals surface area (Å²) < 4.78 is 4.82. The highest BCUT2D eigenvalue weighted by molar-refractivity contribution is 5.73. The average molecular weight is 286 g/mol. The standard InChI is InChI=1S/C17H22N2O2/c1-21-17(20)14-9-19(10-14)16-5-3-12-6-11(2-4-15(12)16)13-7-18-8-13/h2,4,6,13-14,16,18H,3,5,7-10H2,1H3. The highest BCUT2D eigenvalue weighted by Gasteiger charge is 2.40. The predicted molar refractivity (Wildman–Crippen MR) is 80.2 cm³/mol. The van der Waals surface area contributed by atoms with E-state index in [0.29, 0.717) is 12.0 Å². The minimum Gasteiger partial charge on any atom is -0.469 e. The molecule has 1 N–H and O–H groups in total. The first-order valence-corrected chi connectivity index (χ1v) is 7.91. The van der Waals surface area contributed by atoms with Gasteiger partial charge in [-0.2, -0.15) is 0 Å². The Bertz CT molecular complexity index is 562. The Hall–Kier alpha value is -1.39. The van der Waals surface area contributed by atoms with Crippen molar-refractivity contribution < 1.29 is 9.53 Å². The number of ether oxygens (including phenoxy) is 1. The molecule has 0 aromatic heterocycles. The van der Waals surface area contributed by atoms with Gasteiger partial charge < -0.3 is 10.1 Å². The molecule has 1 aromatic carbocycles. The number of hydrogen-bond acceptors (Lipinski definition) is 4. The second-order valence-electron chi connectivity index (χ2n) is 6.54. The maximum atomic E-state index is 11.5. The van der Waals surface area contributed by atoms with Crippen molar-refractivity contribution >= 4 is 5.97 Å². The van der Waals surface area contributed by atoms with E-state index in [1.807, 2.05) is 0 Å². The second-order valence-corrected chi connectivity index (χ2v) is 6.54. The van der Waals surface area contributed by atoms with Crippen molar-refractivity contribution in [3.63, 3.8) is 0 Å². The van der Waals surface area contributed by atoms with Crippen LogP contribution in [0.15, 0.2) is 18.2 Å². The third-order valence-corrected chi connectivity index (χ3v) is 5.35. The van der Waals surface area contributed by atoms with Gasteiger partial charge in [-0.1, -0.05) is 18.2 Å². The summed E-state index contributed by atoms with van der Waals surface area (Å²) in [5.41, 5.74) is 4.49. The maximum absolute atomic E-state index is 11.5. The van der Waals surface area contributed by atoms with Crippen LogP contribution in [0.3, 0.4) is 0 Å². The molecule has 112 valence electrons. The topological polar surface area (TPSA) is 41.6 Å². The molecular weight excluding hydrogens is 264 g/mol. The van der Waals surface area contributed by atoms with Crippen LogP contribution in [0.25, 0.3) is 0 Å². The van der Waals surface area contributed by atoms with E-state index in [2.05, 4.69) is 28.4 Å². The van der Waals surface area contributed by atoms with Crippen LogP contribution >= 0.6 is 0 Å². The minimum absolute atomic E-state index is 0.0581. The molecule has 1 atom stereocenters. The van der Waals surface area contributed by atoms with Gasteiger partial charge >= 0.3 is 5.97 Å². The molecule has 2 aliphatic heterocycles. The molecule has 1 unspecified atom stereocenters. The summed E-state index contributed by atoms with van der Waals surface area (Å²) in [7, 11) is 1.48. The molecule has 1 aromatic rings. The summed E-state index contributed by atoms with van der Waals surface area (Å²) in [4.78, 5) is 13.9. The summed E-state index contributed by atoms with van der Waals surface area (Å²) in [6.45, 7) is 3.94. The fourth-order valence-electron chi connectivity index (χ4n) is 3.86. The van der Waals surface area contributed by atoms with Crippen LogP contribution in [0.1, 0.15) is 35.1 Å². The van der Waals surface area contributed by atoms with E-state index in [4.69, 9.17) is 4.74 Å². The van der Waals surface area contributed by atoms with Crippen LogP contribution in [0.4, 0.5) is 0 Å². The lowest BCUT2D eigenvalue weighted by Crippen LogP contribution is -2.51. The number of methoxy groups -OCH3 is 1. The van der Waals surface area contributed by atoms with E-state index in [0.717, 1.165) is 26.2 Å². The SMILES string of the molecule is COC(=O)C1CN(C2CCc3cc(C4CNC4)ccc32)C1. The smallest absolute Gasteiger partial charge is 0.311 e. The molecule has 2 fully saturated rings. The summed E-state index contributed by atoms with van der Waals surface area (Å²) in [5, 5.41) is 3.34. The number of carbonyl (C=O) groups excluding carboxylic acids is 1. The number of fused-ring (bicyclic) bond motifs is 1. The van der Waals surface area contributed by atoms with Gasteiger partial charge in [-0.05, 0) is 29.5 Å². The molecule has 21 heavy (non-hydrogen) atoms. The summed E-state index contributed by atoms with van der Waals surface area (Å²) in [6.07, 6.45) is 2.36. The number of hydrogen-bond donors (Lipinski definition) is 1. The summed E-state index contributed by atoms with van der Waals surface area (Å²) in [6, 6.07) is 7.56. The monoisotopic (exact) mass is 286 g/mol. The van der Waals surface area contributed by atoms with Crippen molar-refractivity contribution in [2.24, 2.45) is 5.92 Å². The molecule has 4 rings (SSSR count). The Kier molecular flexibility index (Phi) is 3.23. The number of nitrogens with one attached hydrogen (secondary N) is 1. The second kappa shape index (κ2) is 5.11. The summed E-state index contributed by atoms with van der Waals surface area (Å²) >= 11 is 0. The first-order chi connectivity index (χ1) is 10.3. The molecule has 0 saturated carbocycles. The highest BCUT2D eigenvalue weighted by Crippen LogP contribution is 2.40. The molecular formula is C17H22N2O2. The van der Waals surface area contributed by atoms with E-state index in [9.17, 15) is 4.79 Å². The first-order valence-electron chi connectivity index (χ1n) is 7.91. The third-order valence-electron chi connectivity index (χ3n) is 5.35. The van der Waals surface area contributed by atoms with Crippen molar-refractivity contribution in [2.75, 3.05) is 33.3 Å². The molecule has 4 nitrogen and oxygen atoms in total. The van der Waals surface area contributed by atoms with E-state index in [1.165, 1.54) is 36.6 Å². The van der Waals surface area contributed by atoms with Gasteiger partial charge in [0.15, 0.2) is 0 Å². The van der Waals surface area contributed by atoms with Crippen LogP contribution in [-0.4, -0.2) is 44.2 Å². The number of nitrogens with zero attached hydrogens (tertiary/aromatic N) is 1. The van der Waals surface area contributed by atoms with Crippen LogP contribution in [0.5, 0.6) is 0 Å². The average Bonchev–Trinajstić information content (AvgIpc) is 2.78. The number of likely N-dealkylation sites (tertiary alicyclic amines) is 1. The van der Waals surface area contributed by atoms with Gasteiger partial charge in [-0.15, -0.1) is 0 Å². The lowest BCUT2D eigenvalue weighted by atomic mass is 9.90. The fraction of sp³-hybridized carbons (Fsp3) is 0.588. The normalized spacial score (nSPS) is 26.0. The number of esters is 1. The fourth-order valence-corrected chi connectivity index (χ4v) is 3.86. The number of aryl methyl sites for hydroxylation is 1. The molecule has 0 amide bonds. The van der Waals surface area contributed by atoms with Gasteiger partial charge in [0.2, 0.25) is 0 Å². The Morgan fingerprint density at radius 2 is 2.14 bits per heavy atom. The molecule has 2 saturated heterocycles. The number of rotatable bonds is 3. The quantitative estimate of drug-likeness (QED) is 0.854. The first kappa shape index (κ1) is 13.3. The van der Waals surface area contributed by atoms with E-state index >= 15 is 0 Å². The van der Waals surface area contributed by atoms with Gasteiger partial charge in [-0.25, -0.2) is 0 Å². The van der Waals surface area contributed by atoms with Gasteiger partial charge in [0.1, 0.15) is 0 Å².